The fraction of sp³-hybridized carbons (Fsp3) is 0.280. The van der Waals surface area contributed by atoms with Gasteiger partial charge in [-0.1, -0.05) is 94.4 Å². The molecule has 0 N–H and O–H groups in total. The number of rotatable bonds is 4. The molecule has 0 heterocycles. The third kappa shape index (κ3) is 3.39. The molecule has 128 valence electrons. The van der Waals surface area contributed by atoms with Crippen molar-refractivity contribution in [3.05, 3.63) is 83.4 Å². The van der Waals surface area contributed by atoms with Crippen LogP contribution in [0.4, 0.5) is 0 Å². The van der Waals surface area contributed by atoms with E-state index in [9.17, 15) is 0 Å². The van der Waals surface area contributed by atoms with Crippen molar-refractivity contribution >= 4 is 0 Å². The molecule has 0 aliphatic heterocycles. The zero-order chi connectivity index (χ0) is 18.0. The molecule has 0 atom stereocenters. The van der Waals surface area contributed by atoms with Crippen molar-refractivity contribution in [2.24, 2.45) is 0 Å². The first-order valence-electron chi connectivity index (χ1n) is 9.29. The van der Waals surface area contributed by atoms with Gasteiger partial charge in [0, 0.05) is 0 Å². The summed E-state index contributed by atoms with van der Waals surface area (Å²) in [6.07, 6.45) is 0. The Morgan fingerprint density at radius 1 is 0.520 bits per heavy atom. The Balaban J connectivity index is 2.37. The molecule has 0 saturated heterocycles. The zero-order valence-electron chi connectivity index (χ0n) is 16.0. The molecule has 0 amide bonds. The summed E-state index contributed by atoms with van der Waals surface area (Å²) in [6, 6.07) is 24.4. The second-order valence-electron chi connectivity index (χ2n) is 7.48. The summed E-state index contributed by atoms with van der Waals surface area (Å²) in [7, 11) is 0. The van der Waals surface area contributed by atoms with Gasteiger partial charge in [0.05, 0.1) is 0 Å². The average molecular weight is 328 g/mol. The lowest BCUT2D eigenvalue weighted by Gasteiger charge is -2.22. The zero-order valence-corrected chi connectivity index (χ0v) is 16.0. The Kier molecular flexibility index (Phi) is 5.08. The molecule has 0 saturated carbocycles. The van der Waals surface area contributed by atoms with Crippen LogP contribution in [0.25, 0.3) is 22.3 Å². The van der Waals surface area contributed by atoms with Crippen LogP contribution in [0.3, 0.4) is 0 Å². The van der Waals surface area contributed by atoms with Crippen LogP contribution in [0.2, 0.25) is 0 Å². The SMILES string of the molecule is Cc1ccccc1-c1c(-c2ccccc2C(C)C)cccc1C(C)C. The van der Waals surface area contributed by atoms with Gasteiger partial charge < -0.3 is 0 Å². The molecule has 0 aliphatic rings. The van der Waals surface area contributed by atoms with Crippen LogP contribution < -0.4 is 0 Å². The lowest BCUT2D eigenvalue weighted by molar-refractivity contribution is 0.864. The van der Waals surface area contributed by atoms with Crippen LogP contribution in [0, 0.1) is 6.92 Å². The molecule has 0 nitrogen and oxygen atoms in total. The quantitative estimate of drug-likeness (QED) is 0.463. The van der Waals surface area contributed by atoms with Crippen molar-refractivity contribution in [3.8, 4) is 22.3 Å². The van der Waals surface area contributed by atoms with Crippen molar-refractivity contribution in [2.45, 2.75) is 46.5 Å². The van der Waals surface area contributed by atoms with E-state index in [1.807, 2.05) is 0 Å². The van der Waals surface area contributed by atoms with Crippen LogP contribution >= 0.6 is 0 Å². The van der Waals surface area contributed by atoms with E-state index < -0.39 is 0 Å². The normalized spacial score (nSPS) is 11.3. The Morgan fingerprint density at radius 3 is 1.68 bits per heavy atom. The minimum Gasteiger partial charge on any atom is -0.0620 e. The first kappa shape index (κ1) is 17.5. The number of benzene rings is 3. The molecule has 0 spiro atoms. The van der Waals surface area contributed by atoms with E-state index in [1.165, 1.54) is 38.9 Å². The molecule has 3 aromatic carbocycles. The van der Waals surface area contributed by atoms with Gasteiger partial charge in [0.25, 0.3) is 0 Å². The lowest BCUT2D eigenvalue weighted by atomic mass is 9.82. The van der Waals surface area contributed by atoms with Crippen LogP contribution in [0.5, 0.6) is 0 Å². The van der Waals surface area contributed by atoms with E-state index in [-0.39, 0.29) is 0 Å². The van der Waals surface area contributed by atoms with E-state index >= 15 is 0 Å². The van der Waals surface area contributed by atoms with E-state index in [1.54, 1.807) is 0 Å². The van der Waals surface area contributed by atoms with E-state index in [4.69, 9.17) is 0 Å². The lowest BCUT2D eigenvalue weighted by Crippen LogP contribution is -1.99. The average Bonchev–Trinajstić information content (AvgIpc) is 2.61. The standard InChI is InChI=1S/C25H28/c1-17(2)20-12-8-9-14-23(20)24-16-10-15-21(18(3)4)25(24)22-13-7-6-11-19(22)5/h6-18H,1-5H3. The number of hydrogen-bond acceptors (Lipinski definition) is 0. The molecule has 0 radical (unpaired) electrons. The molecule has 0 aromatic heterocycles. The van der Waals surface area contributed by atoms with Crippen molar-refractivity contribution < 1.29 is 0 Å². The summed E-state index contributed by atoms with van der Waals surface area (Å²) >= 11 is 0. The summed E-state index contributed by atoms with van der Waals surface area (Å²) in [6.45, 7) is 11.3. The first-order chi connectivity index (χ1) is 12.0. The van der Waals surface area contributed by atoms with Gasteiger partial charge in [0.15, 0.2) is 0 Å². The third-order valence-corrected chi connectivity index (χ3v) is 5.01. The Hall–Kier alpha value is -2.34. The predicted molar refractivity (Wildman–Crippen MR) is 110 cm³/mol. The fourth-order valence-corrected chi connectivity index (χ4v) is 3.68. The van der Waals surface area contributed by atoms with Crippen molar-refractivity contribution in [3.63, 3.8) is 0 Å². The minimum atomic E-state index is 0.487. The van der Waals surface area contributed by atoms with Gasteiger partial charge in [-0.2, -0.15) is 0 Å². The molecule has 0 aliphatic carbocycles. The summed E-state index contributed by atoms with van der Waals surface area (Å²) in [5.74, 6) is 0.990. The molecule has 0 fully saturated rings. The van der Waals surface area contributed by atoms with Crippen LogP contribution in [-0.4, -0.2) is 0 Å². The van der Waals surface area contributed by atoms with Crippen molar-refractivity contribution in [2.75, 3.05) is 0 Å². The van der Waals surface area contributed by atoms with E-state index in [0.29, 0.717) is 11.8 Å². The highest BCUT2D eigenvalue weighted by atomic mass is 14.2. The largest absolute Gasteiger partial charge is 0.0620 e. The topological polar surface area (TPSA) is 0 Å². The van der Waals surface area contributed by atoms with Crippen molar-refractivity contribution in [1.29, 1.82) is 0 Å². The maximum absolute atomic E-state index is 2.29. The Morgan fingerprint density at radius 2 is 1.04 bits per heavy atom. The summed E-state index contributed by atoms with van der Waals surface area (Å²) in [5.41, 5.74) is 9.62. The van der Waals surface area contributed by atoms with Gasteiger partial charge >= 0.3 is 0 Å². The highest BCUT2D eigenvalue weighted by molar-refractivity contribution is 5.88. The first-order valence-corrected chi connectivity index (χ1v) is 9.29. The maximum atomic E-state index is 2.29. The molecule has 3 rings (SSSR count). The maximum Gasteiger partial charge on any atom is -0.00679 e. The van der Waals surface area contributed by atoms with Gasteiger partial charge in [-0.15, -0.1) is 0 Å². The molecule has 25 heavy (non-hydrogen) atoms. The molecule has 3 aromatic rings. The Bertz CT molecular complexity index is 869. The van der Waals surface area contributed by atoms with Crippen LogP contribution in [0.15, 0.2) is 66.7 Å². The van der Waals surface area contributed by atoms with Gasteiger partial charge in [0.2, 0.25) is 0 Å². The van der Waals surface area contributed by atoms with Gasteiger partial charge in [-0.05, 0) is 57.7 Å². The highest BCUT2D eigenvalue weighted by Crippen LogP contribution is 2.41. The summed E-state index contributed by atoms with van der Waals surface area (Å²) in [5, 5.41) is 0. The highest BCUT2D eigenvalue weighted by Gasteiger charge is 2.18. The summed E-state index contributed by atoms with van der Waals surface area (Å²) in [4.78, 5) is 0. The van der Waals surface area contributed by atoms with E-state index in [0.717, 1.165) is 0 Å². The second-order valence-corrected chi connectivity index (χ2v) is 7.48. The molecule has 0 heteroatoms. The van der Waals surface area contributed by atoms with Gasteiger partial charge in [-0.3, -0.25) is 0 Å². The fourth-order valence-electron chi connectivity index (χ4n) is 3.68. The third-order valence-electron chi connectivity index (χ3n) is 5.01. The Labute approximate surface area is 152 Å². The smallest absolute Gasteiger partial charge is 0.00679 e. The van der Waals surface area contributed by atoms with Crippen LogP contribution in [0.1, 0.15) is 56.2 Å². The second kappa shape index (κ2) is 7.27. The minimum absolute atomic E-state index is 0.487. The predicted octanol–water partition coefficient (Wildman–Crippen LogP) is 7.58. The van der Waals surface area contributed by atoms with Crippen LogP contribution in [-0.2, 0) is 0 Å². The molecule has 0 unspecified atom stereocenters. The van der Waals surface area contributed by atoms with Crippen molar-refractivity contribution in [1.82, 2.24) is 0 Å². The van der Waals surface area contributed by atoms with Gasteiger partial charge in [0.1, 0.15) is 0 Å². The van der Waals surface area contributed by atoms with E-state index in [2.05, 4.69) is 101 Å². The summed E-state index contributed by atoms with van der Waals surface area (Å²) < 4.78 is 0. The molecular formula is C25H28. The number of aryl methyl sites for hydroxylation is 1. The molecular weight excluding hydrogens is 300 g/mol. The number of hydrogen-bond donors (Lipinski definition) is 0. The molecule has 0 bridgehead atoms. The van der Waals surface area contributed by atoms with Gasteiger partial charge in [-0.25, -0.2) is 0 Å². The monoisotopic (exact) mass is 328 g/mol.